The molecule has 0 heterocycles. The molecule has 0 aliphatic carbocycles. The zero-order valence-corrected chi connectivity index (χ0v) is 13.6. The minimum Gasteiger partial charge on any atom is -0.478 e. The molecule has 0 radical (unpaired) electrons. The number of nitrogens with one attached hydrogen (secondary N) is 1. The molecule has 4 heteroatoms. The fraction of sp³-hybridized carbons (Fsp3) is 0.235. The Bertz CT molecular complexity index is 618. The standard InChI is InChI=1S/C17H18BrNO2/c1-17(2,14-7-9-15(18)10-8-14)19-11-12-3-5-13(6-4-12)16(20)21/h3-10,19H,11H2,1-2H3,(H,20,21). The van der Waals surface area contributed by atoms with Crippen LogP contribution in [0.1, 0.15) is 35.3 Å². The van der Waals surface area contributed by atoms with Gasteiger partial charge in [-0.1, -0.05) is 40.2 Å². The number of hydrogen-bond acceptors (Lipinski definition) is 2. The molecule has 2 aromatic carbocycles. The molecule has 0 aromatic heterocycles. The van der Waals surface area contributed by atoms with Crippen molar-refractivity contribution in [1.29, 1.82) is 0 Å². The van der Waals surface area contributed by atoms with Crippen molar-refractivity contribution >= 4 is 21.9 Å². The third kappa shape index (κ3) is 4.16. The largest absolute Gasteiger partial charge is 0.478 e. The number of rotatable bonds is 5. The second-order valence-corrected chi connectivity index (χ2v) is 6.40. The summed E-state index contributed by atoms with van der Waals surface area (Å²) in [5.74, 6) is -0.898. The van der Waals surface area contributed by atoms with E-state index >= 15 is 0 Å². The summed E-state index contributed by atoms with van der Waals surface area (Å²) in [5.41, 5.74) is 2.41. The maximum absolute atomic E-state index is 10.8. The topological polar surface area (TPSA) is 49.3 Å². The Labute approximate surface area is 133 Å². The van der Waals surface area contributed by atoms with Gasteiger partial charge in [0.1, 0.15) is 0 Å². The van der Waals surface area contributed by atoms with Crippen LogP contribution in [0.4, 0.5) is 0 Å². The van der Waals surface area contributed by atoms with Crippen LogP contribution in [0.5, 0.6) is 0 Å². The Hall–Kier alpha value is -1.65. The van der Waals surface area contributed by atoms with Crippen LogP contribution in [0.3, 0.4) is 0 Å². The van der Waals surface area contributed by atoms with E-state index in [9.17, 15) is 4.79 Å². The zero-order valence-electron chi connectivity index (χ0n) is 12.1. The van der Waals surface area contributed by atoms with Crippen LogP contribution in [0, 0.1) is 0 Å². The Kier molecular flexibility index (Phi) is 4.80. The molecule has 0 saturated carbocycles. The predicted octanol–water partition coefficient (Wildman–Crippen LogP) is 4.17. The fourth-order valence-corrected chi connectivity index (χ4v) is 2.32. The van der Waals surface area contributed by atoms with Gasteiger partial charge in [0, 0.05) is 16.6 Å². The van der Waals surface area contributed by atoms with Gasteiger partial charge >= 0.3 is 5.97 Å². The van der Waals surface area contributed by atoms with E-state index in [1.54, 1.807) is 12.1 Å². The summed E-state index contributed by atoms with van der Waals surface area (Å²) < 4.78 is 1.06. The highest BCUT2D eigenvalue weighted by Gasteiger charge is 2.19. The van der Waals surface area contributed by atoms with Crippen molar-refractivity contribution in [2.75, 3.05) is 0 Å². The van der Waals surface area contributed by atoms with E-state index in [0.717, 1.165) is 10.0 Å². The van der Waals surface area contributed by atoms with E-state index in [0.29, 0.717) is 12.1 Å². The van der Waals surface area contributed by atoms with Crippen LogP contribution in [0.15, 0.2) is 53.0 Å². The quantitative estimate of drug-likeness (QED) is 0.853. The van der Waals surface area contributed by atoms with Crippen molar-refractivity contribution in [3.63, 3.8) is 0 Å². The Morgan fingerprint density at radius 3 is 2.19 bits per heavy atom. The van der Waals surface area contributed by atoms with Crippen LogP contribution < -0.4 is 5.32 Å². The summed E-state index contributed by atoms with van der Waals surface area (Å²) in [4.78, 5) is 10.8. The van der Waals surface area contributed by atoms with E-state index in [-0.39, 0.29) is 5.54 Å². The van der Waals surface area contributed by atoms with Crippen LogP contribution in [0.25, 0.3) is 0 Å². The molecule has 110 valence electrons. The second-order valence-electron chi connectivity index (χ2n) is 5.49. The maximum Gasteiger partial charge on any atom is 0.335 e. The van der Waals surface area contributed by atoms with Crippen molar-refractivity contribution < 1.29 is 9.90 Å². The van der Waals surface area contributed by atoms with Gasteiger partial charge in [0.15, 0.2) is 0 Å². The van der Waals surface area contributed by atoms with Gasteiger partial charge in [0.05, 0.1) is 5.56 Å². The number of aromatic carboxylic acids is 1. The van der Waals surface area contributed by atoms with Gasteiger partial charge < -0.3 is 10.4 Å². The van der Waals surface area contributed by atoms with Crippen LogP contribution >= 0.6 is 15.9 Å². The van der Waals surface area contributed by atoms with Crippen molar-refractivity contribution in [2.45, 2.75) is 25.9 Å². The first-order chi connectivity index (χ1) is 9.88. The lowest BCUT2D eigenvalue weighted by Gasteiger charge is -2.27. The monoisotopic (exact) mass is 347 g/mol. The SMILES string of the molecule is CC(C)(NCc1ccc(C(=O)O)cc1)c1ccc(Br)cc1. The third-order valence-corrected chi connectivity index (χ3v) is 4.03. The smallest absolute Gasteiger partial charge is 0.335 e. The lowest BCUT2D eigenvalue weighted by atomic mass is 9.94. The first-order valence-electron chi connectivity index (χ1n) is 6.72. The van der Waals surface area contributed by atoms with E-state index in [2.05, 4.69) is 47.2 Å². The molecule has 0 aliphatic heterocycles. The summed E-state index contributed by atoms with van der Waals surface area (Å²) in [6.45, 7) is 4.94. The van der Waals surface area contributed by atoms with Crippen LogP contribution in [-0.4, -0.2) is 11.1 Å². The molecule has 0 amide bonds. The Morgan fingerprint density at radius 2 is 1.67 bits per heavy atom. The first-order valence-corrected chi connectivity index (χ1v) is 7.51. The average Bonchev–Trinajstić information content (AvgIpc) is 2.46. The van der Waals surface area contributed by atoms with Gasteiger partial charge in [-0.05, 0) is 49.2 Å². The molecule has 0 atom stereocenters. The molecule has 0 aliphatic rings. The number of benzene rings is 2. The summed E-state index contributed by atoms with van der Waals surface area (Å²) in [6, 6.07) is 15.2. The fourth-order valence-electron chi connectivity index (χ4n) is 2.06. The molecule has 0 saturated heterocycles. The third-order valence-electron chi connectivity index (χ3n) is 3.50. The molecule has 0 spiro atoms. The van der Waals surface area contributed by atoms with Crippen molar-refractivity contribution in [3.05, 3.63) is 69.7 Å². The molecule has 2 N–H and O–H groups in total. The number of carboxylic acid groups (broad SMARTS) is 1. The van der Waals surface area contributed by atoms with E-state index < -0.39 is 5.97 Å². The molecule has 0 bridgehead atoms. The predicted molar refractivity (Wildman–Crippen MR) is 87.4 cm³/mol. The highest BCUT2D eigenvalue weighted by Crippen LogP contribution is 2.22. The molecule has 2 aromatic rings. The van der Waals surface area contributed by atoms with E-state index in [1.165, 1.54) is 5.56 Å². The maximum atomic E-state index is 10.8. The van der Waals surface area contributed by atoms with Gasteiger partial charge in [-0.25, -0.2) is 4.79 Å². The number of carbonyl (C=O) groups is 1. The highest BCUT2D eigenvalue weighted by atomic mass is 79.9. The van der Waals surface area contributed by atoms with Gasteiger partial charge in [0.2, 0.25) is 0 Å². The highest BCUT2D eigenvalue weighted by molar-refractivity contribution is 9.10. The number of carboxylic acids is 1. The molecular weight excluding hydrogens is 330 g/mol. The van der Waals surface area contributed by atoms with E-state index in [1.807, 2.05) is 24.3 Å². The molecule has 21 heavy (non-hydrogen) atoms. The number of halogens is 1. The lowest BCUT2D eigenvalue weighted by molar-refractivity contribution is 0.0697. The van der Waals surface area contributed by atoms with Crippen molar-refractivity contribution in [2.24, 2.45) is 0 Å². The first kappa shape index (κ1) is 15.7. The van der Waals surface area contributed by atoms with Crippen LogP contribution in [-0.2, 0) is 12.1 Å². The number of hydrogen-bond donors (Lipinski definition) is 2. The average molecular weight is 348 g/mol. The molecule has 2 rings (SSSR count). The molecule has 0 unspecified atom stereocenters. The Morgan fingerprint density at radius 1 is 1.10 bits per heavy atom. The zero-order chi connectivity index (χ0) is 15.5. The summed E-state index contributed by atoms with van der Waals surface area (Å²) in [6.07, 6.45) is 0. The normalized spacial score (nSPS) is 11.4. The van der Waals surface area contributed by atoms with Crippen LogP contribution in [0.2, 0.25) is 0 Å². The summed E-state index contributed by atoms with van der Waals surface area (Å²) in [7, 11) is 0. The van der Waals surface area contributed by atoms with Gasteiger partial charge in [-0.15, -0.1) is 0 Å². The van der Waals surface area contributed by atoms with Crippen molar-refractivity contribution in [1.82, 2.24) is 5.32 Å². The molecular formula is C17H18BrNO2. The van der Waals surface area contributed by atoms with Gasteiger partial charge in [-0.2, -0.15) is 0 Å². The summed E-state index contributed by atoms with van der Waals surface area (Å²) in [5, 5.41) is 12.4. The van der Waals surface area contributed by atoms with E-state index in [4.69, 9.17) is 5.11 Å². The minimum absolute atomic E-state index is 0.161. The van der Waals surface area contributed by atoms with Gasteiger partial charge in [-0.3, -0.25) is 0 Å². The molecule has 0 fully saturated rings. The lowest BCUT2D eigenvalue weighted by Crippen LogP contribution is -2.35. The second kappa shape index (κ2) is 6.41. The Balaban J connectivity index is 2.04. The molecule has 3 nitrogen and oxygen atoms in total. The van der Waals surface area contributed by atoms with Crippen molar-refractivity contribution in [3.8, 4) is 0 Å². The van der Waals surface area contributed by atoms with Gasteiger partial charge in [0.25, 0.3) is 0 Å². The summed E-state index contributed by atoms with van der Waals surface area (Å²) >= 11 is 3.44. The minimum atomic E-state index is -0.898.